The molecular weight excluding hydrogens is 228 g/mol. The molecule has 0 atom stereocenters. The number of ether oxygens (including phenoxy) is 1. The highest BCUT2D eigenvalue weighted by Crippen LogP contribution is 2.23. The summed E-state index contributed by atoms with van der Waals surface area (Å²) in [5.74, 6) is 0.168. The number of carbonyl (C=O) groups excluding carboxylic acids is 1. The van der Waals surface area contributed by atoms with Gasteiger partial charge in [-0.2, -0.15) is 0 Å². The fraction of sp³-hybridized carbons (Fsp3) is 0.133. The molecular formula is C15H14O3. The van der Waals surface area contributed by atoms with Crippen LogP contribution in [0.5, 0.6) is 11.5 Å². The number of carbonyl (C=O) groups is 1. The van der Waals surface area contributed by atoms with Gasteiger partial charge in [-0.15, -0.1) is 0 Å². The quantitative estimate of drug-likeness (QED) is 0.664. The fourth-order valence-corrected chi connectivity index (χ4v) is 1.79. The van der Waals surface area contributed by atoms with E-state index >= 15 is 0 Å². The lowest BCUT2D eigenvalue weighted by Gasteiger charge is -2.09. The Hall–Kier alpha value is -2.29. The van der Waals surface area contributed by atoms with Crippen LogP contribution < -0.4 is 4.74 Å². The second kappa shape index (κ2) is 5.36. The molecule has 0 saturated heterocycles. The fourth-order valence-electron chi connectivity index (χ4n) is 1.79. The average molecular weight is 242 g/mol. The number of rotatable bonds is 3. The number of para-hydroxylation sites is 1. The standard InChI is InChI=1S/C15H14O3/c1-2-12-13(9-6-10-14(12)16)15(17)18-11-7-4-3-5-8-11/h3-10,16H,2H2,1H3. The molecule has 0 fully saturated rings. The summed E-state index contributed by atoms with van der Waals surface area (Å²) in [5, 5.41) is 9.70. The van der Waals surface area contributed by atoms with Crippen LogP contribution in [0.4, 0.5) is 0 Å². The Labute approximate surface area is 106 Å². The molecule has 0 spiro atoms. The Bertz CT molecular complexity index is 547. The maximum absolute atomic E-state index is 12.0. The molecule has 1 N–H and O–H groups in total. The van der Waals surface area contributed by atoms with E-state index in [9.17, 15) is 9.90 Å². The van der Waals surface area contributed by atoms with Crippen LogP contribution in [0, 0.1) is 0 Å². The van der Waals surface area contributed by atoms with Gasteiger partial charge >= 0.3 is 5.97 Å². The van der Waals surface area contributed by atoms with Crippen LogP contribution in [0.15, 0.2) is 48.5 Å². The van der Waals surface area contributed by atoms with E-state index in [-0.39, 0.29) is 5.75 Å². The zero-order valence-electron chi connectivity index (χ0n) is 10.1. The molecule has 0 amide bonds. The van der Waals surface area contributed by atoms with Crippen molar-refractivity contribution in [2.75, 3.05) is 0 Å². The first-order chi connectivity index (χ1) is 8.72. The van der Waals surface area contributed by atoms with Gasteiger partial charge in [-0.05, 0) is 30.7 Å². The largest absolute Gasteiger partial charge is 0.508 e. The van der Waals surface area contributed by atoms with Crippen molar-refractivity contribution < 1.29 is 14.6 Å². The summed E-state index contributed by atoms with van der Waals surface area (Å²) in [6, 6.07) is 13.7. The number of hydrogen-bond acceptors (Lipinski definition) is 3. The van der Waals surface area contributed by atoms with Crippen molar-refractivity contribution >= 4 is 5.97 Å². The lowest BCUT2D eigenvalue weighted by molar-refractivity contribution is 0.0733. The van der Waals surface area contributed by atoms with Crippen molar-refractivity contribution in [1.82, 2.24) is 0 Å². The Kier molecular flexibility index (Phi) is 3.63. The van der Waals surface area contributed by atoms with Crippen molar-refractivity contribution in [1.29, 1.82) is 0 Å². The number of phenolic OH excluding ortho intramolecular Hbond substituents is 1. The third kappa shape index (κ3) is 2.51. The summed E-state index contributed by atoms with van der Waals surface area (Å²) in [4.78, 5) is 12.0. The van der Waals surface area contributed by atoms with Gasteiger partial charge in [0.15, 0.2) is 0 Å². The van der Waals surface area contributed by atoms with E-state index in [1.165, 1.54) is 0 Å². The Morgan fingerprint density at radius 2 is 1.83 bits per heavy atom. The van der Waals surface area contributed by atoms with Crippen molar-refractivity contribution in [3.63, 3.8) is 0 Å². The van der Waals surface area contributed by atoms with Crippen molar-refractivity contribution in [2.24, 2.45) is 0 Å². The summed E-state index contributed by atoms with van der Waals surface area (Å²) < 4.78 is 5.25. The second-order valence-electron chi connectivity index (χ2n) is 3.86. The molecule has 3 heteroatoms. The predicted octanol–water partition coefficient (Wildman–Crippen LogP) is 3.17. The van der Waals surface area contributed by atoms with Gasteiger partial charge < -0.3 is 9.84 Å². The summed E-state index contributed by atoms with van der Waals surface area (Å²) in [6.07, 6.45) is 0.575. The smallest absolute Gasteiger partial charge is 0.343 e. The molecule has 0 aliphatic carbocycles. The summed E-state index contributed by atoms with van der Waals surface area (Å²) in [7, 11) is 0. The van der Waals surface area contributed by atoms with Crippen LogP contribution in [0.25, 0.3) is 0 Å². The highest BCUT2D eigenvalue weighted by molar-refractivity contribution is 5.93. The molecule has 0 bridgehead atoms. The lowest BCUT2D eigenvalue weighted by atomic mass is 10.0. The van der Waals surface area contributed by atoms with Crippen LogP contribution >= 0.6 is 0 Å². The van der Waals surface area contributed by atoms with Crippen molar-refractivity contribution in [2.45, 2.75) is 13.3 Å². The number of phenols is 1. The first-order valence-electron chi connectivity index (χ1n) is 5.80. The minimum absolute atomic E-state index is 0.125. The molecule has 92 valence electrons. The molecule has 18 heavy (non-hydrogen) atoms. The molecule has 2 rings (SSSR count). The SMILES string of the molecule is CCc1c(O)cccc1C(=O)Oc1ccccc1. The Morgan fingerprint density at radius 3 is 2.50 bits per heavy atom. The van der Waals surface area contributed by atoms with E-state index in [2.05, 4.69) is 0 Å². The first kappa shape index (κ1) is 12.2. The second-order valence-corrected chi connectivity index (χ2v) is 3.86. The third-order valence-corrected chi connectivity index (χ3v) is 2.68. The van der Waals surface area contributed by atoms with Crippen LogP contribution in [-0.2, 0) is 6.42 Å². The highest BCUT2D eigenvalue weighted by atomic mass is 16.5. The summed E-state index contributed by atoms with van der Waals surface area (Å²) in [5.41, 5.74) is 1.01. The van der Waals surface area contributed by atoms with Crippen LogP contribution in [-0.4, -0.2) is 11.1 Å². The van der Waals surface area contributed by atoms with Gasteiger partial charge in [0, 0.05) is 5.56 Å². The topological polar surface area (TPSA) is 46.5 Å². The minimum Gasteiger partial charge on any atom is -0.508 e. The monoisotopic (exact) mass is 242 g/mol. The van der Waals surface area contributed by atoms with E-state index in [1.54, 1.807) is 42.5 Å². The maximum atomic E-state index is 12.0. The first-order valence-corrected chi connectivity index (χ1v) is 5.80. The number of hydrogen-bond donors (Lipinski definition) is 1. The third-order valence-electron chi connectivity index (χ3n) is 2.68. The lowest BCUT2D eigenvalue weighted by Crippen LogP contribution is -2.11. The molecule has 2 aromatic rings. The average Bonchev–Trinajstić information content (AvgIpc) is 2.39. The van der Waals surface area contributed by atoms with Crippen molar-refractivity contribution in [3.05, 3.63) is 59.7 Å². The van der Waals surface area contributed by atoms with E-state index < -0.39 is 5.97 Å². The van der Waals surface area contributed by atoms with E-state index in [4.69, 9.17) is 4.74 Å². The number of aromatic hydroxyl groups is 1. The zero-order valence-corrected chi connectivity index (χ0v) is 10.1. The van der Waals surface area contributed by atoms with E-state index in [0.29, 0.717) is 23.3 Å². The molecule has 0 unspecified atom stereocenters. The van der Waals surface area contributed by atoms with E-state index in [0.717, 1.165) is 0 Å². The minimum atomic E-state index is -0.450. The van der Waals surface area contributed by atoms with Crippen LogP contribution in [0.2, 0.25) is 0 Å². The van der Waals surface area contributed by atoms with Gasteiger partial charge in [0.05, 0.1) is 5.56 Å². The maximum Gasteiger partial charge on any atom is 0.343 e. The van der Waals surface area contributed by atoms with Crippen molar-refractivity contribution in [3.8, 4) is 11.5 Å². The van der Waals surface area contributed by atoms with Gasteiger partial charge in [0.2, 0.25) is 0 Å². The molecule has 2 aromatic carbocycles. The Balaban J connectivity index is 2.27. The summed E-state index contributed by atoms with van der Waals surface area (Å²) >= 11 is 0. The van der Waals surface area contributed by atoms with Crippen LogP contribution in [0.1, 0.15) is 22.8 Å². The predicted molar refractivity (Wildman–Crippen MR) is 68.9 cm³/mol. The van der Waals surface area contributed by atoms with Crippen LogP contribution in [0.3, 0.4) is 0 Å². The molecule has 0 aliphatic rings. The molecule has 0 radical (unpaired) electrons. The van der Waals surface area contributed by atoms with Gasteiger partial charge in [0.25, 0.3) is 0 Å². The molecule has 0 aliphatic heterocycles. The van der Waals surface area contributed by atoms with Gasteiger partial charge in [-0.25, -0.2) is 4.79 Å². The number of esters is 1. The summed E-state index contributed by atoms with van der Waals surface area (Å²) in [6.45, 7) is 1.88. The molecule has 0 saturated carbocycles. The normalized spacial score (nSPS) is 10.1. The molecule has 0 aromatic heterocycles. The molecule has 3 nitrogen and oxygen atoms in total. The Morgan fingerprint density at radius 1 is 1.11 bits per heavy atom. The molecule has 0 heterocycles. The van der Waals surface area contributed by atoms with Gasteiger partial charge in [0.1, 0.15) is 11.5 Å². The van der Waals surface area contributed by atoms with E-state index in [1.807, 2.05) is 13.0 Å². The highest BCUT2D eigenvalue weighted by Gasteiger charge is 2.15. The number of benzene rings is 2. The zero-order chi connectivity index (χ0) is 13.0. The van der Waals surface area contributed by atoms with Gasteiger partial charge in [-0.1, -0.05) is 31.2 Å². The van der Waals surface area contributed by atoms with Gasteiger partial charge in [-0.3, -0.25) is 0 Å².